The molecule has 3 heterocycles. The molecule has 4 atom stereocenters. The second-order valence-electron chi connectivity index (χ2n) is 12.5. The number of hydrogen-bond acceptors (Lipinski definition) is 6. The van der Waals surface area contributed by atoms with Gasteiger partial charge in [-0.15, -0.1) is 0 Å². The summed E-state index contributed by atoms with van der Waals surface area (Å²) in [5, 5.41) is 10.4. The number of aliphatic hydroxyl groups is 1. The van der Waals surface area contributed by atoms with Crippen LogP contribution in [-0.4, -0.2) is 57.2 Å². The first-order valence-corrected chi connectivity index (χ1v) is 15.8. The second-order valence-corrected chi connectivity index (χ2v) is 17.2. The summed E-state index contributed by atoms with van der Waals surface area (Å²) in [4.78, 5) is 13.0. The number of rotatable bonds is 10. The number of carbonyl (C=O) groups excluding carboxylic acids is 1. The lowest BCUT2D eigenvalue weighted by atomic mass is 9.90. The third-order valence-corrected chi connectivity index (χ3v) is 12.5. The Morgan fingerprint density at radius 1 is 1.18 bits per heavy atom. The molecular weight excluding hydrogens is 448 g/mol. The van der Waals surface area contributed by atoms with E-state index in [1.807, 2.05) is 0 Å². The molecule has 1 saturated carbocycles. The van der Waals surface area contributed by atoms with E-state index in [2.05, 4.69) is 59.9 Å². The van der Waals surface area contributed by atoms with E-state index in [4.69, 9.17) is 18.6 Å². The normalized spacial score (nSPS) is 35.5. The molecule has 0 radical (unpaired) electrons. The van der Waals surface area contributed by atoms with Crippen LogP contribution in [0.5, 0.6) is 0 Å². The van der Waals surface area contributed by atoms with E-state index in [1.165, 1.54) is 6.08 Å². The van der Waals surface area contributed by atoms with Crippen molar-refractivity contribution in [2.45, 2.75) is 103 Å². The molecule has 6 nitrogen and oxygen atoms in total. The van der Waals surface area contributed by atoms with Gasteiger partial charge in [0.1, 0.15) is 0 Å². The highest BCUT2D eigenvalue weighted by Gasteiger charge is 2.49. The number of aliphatic hydroxyl groups excluding tert-OH is 1. The first kappa shape index (κ1) is 27.7. The Labute approximate surface area is 207 Å². The van der Waals surface area contributed by atoms with Gasteiger partial charge in [-0.05, 0) is 69.2 Å². The molecule has 4 aliphatic rings. The van der Waals surface area contributed by atoms with Gasteiger partial charge in [-0.3, -0.25) is 4.79 Å². The highest BCUT2D eigenvalue weighted by Crippen LogP contribution is 2.40. The van der Waals surface area contributed by atoms with Crippen molar-refractivity contribution < 1.29 is 28.5 Å². The van der Waals surface area contributed by atoms with Crippen LogP contribution in [0.15, 0.2) is 24.3 Å². The van der Waals surface area contributed by atoms with Crippen LogP contribution in [-0.2, 0) is 23.4 Å². The van der Waals surface area contributed by atoms with Gasteiger partial charge in [-0.1, -0.05) is 39.8 Å². The average Bonchev–Trinajstić information content (AvgIpc) is 3.12. The number of ketones is 1. The molecule has 1 aliphatic carbocycles. The molecule has 0 spiro atoms. The van der Waals surface area contributed by atoms with Gasteiger partial charge >= 0.3 is 5.97 Å². The summed E-state index contributed by atoms with van der Waals surface area (Å²) in [6.45, 7) is 17.3. The molecule has 0 aromatic rings. The van der Waals surface area contributed by atoms with Crippen molar-refractivity contribution in [2.75, 3.05) is 19.8 Å². The van der Waals surface area contributed by atoms with Crippen LogP contribution in [0.25, 0.3) is 0 Å². The first-order chi connectivity index (χ1) is 15.7. The lowest BCUT2D eigenvalue weighted by Crippen LogP contribution is -2.58. The fourth-order valence-corrected chi connectivity index (χ4v) is 6.12. The minimum absolute atomic E-state index is 0.00771. The summed E-state index contributed by atoms with van der Waals surface area (Å²) in [5.74, 6) is -1.42. The van der Waals surface area contributed by atoms with Crippen LogP contribution in [0, 0.1) is 17.3 Å². The summed E-state index contributed by atoms with van der Waals surface area (Å²) in [6.07, 6.45) is 11.4. The van der Waals surface area contributed by atoms with Crippen LogP contribution in [0.1, 0.15) is 66.7 Å². The minimum atomic E-state index is -1.73. The summed E-state index contributed by atoms with van der Waals surface area (Å²) >= 11 is 0. The molecule has 0 aromatic heterocycles. The van der Waals surface area contributed by atoms with Crippen molar-refractivity contribution in [3.05, 3.63) is 24.3 Å². The molecule has 3 saturated heterocycles. The molecule has 7 heteroatoms. The highest BCUT2D eigenvalue weighted by atomic mass is 28.4. The van der Waals surface area contributed by atoms with Gasteiger partial charge in [-0.25, -0.2) is 0 Å². The molecular formula is C27H46O6Si. The van der Waals surface area contributed by atoms with Gasteiger partial charge in [0.25, 0.3) is 0 Å². The third kappa shape index (κ3) is 6.89. The lowest BCUT2D eigenvalue weighted by Gasteiger charge is -2.49. The van der Waals surface area contributed by atoms with E-state index in [0.29, 0.717) is 32.7 Å². The van der Waals surface area contributed by atoms with E-state index in [1.54, 1.807) is 6.08 Å². The Balaban J connectivity index is 1.46. The fourth-order valence-electron chi connectivity index (χ4n) is 4.64. The number of unbranched alkanes of at least 4 members (excludes halogenated alkanes) is 1. The standard InChI is InChI=1S/C27H46O6Si/c1-20(33-34(6,7)25(2,3)4)11-9-8-10-12-21-15-22(28)16-23(21)24(29)13-14-27-30-17-26(5,18-31-27)19-32-27/h10,12-14,20-23,28H,8-9,11,15-19H2,1-7H3/b12-10+,14-13+/t20-,21+,22-,23-,26?,27?/m0/s1. The number of allylic oxidation sites excluding steroid dienone is 3. The van der Waals surface area contributed by atoms with Crippen LogP contribution in [0.3, 0.4) is 0 Å². The van der Waals surface area contributed by atoms with Gasteiger partial charge in [-0.2, -0.15) is 0 Å². The van der Waals surface area contributed by atoms with E-state index >= 15 is 0 Å². The van der Waals surface area contributed by atoms with Gasteiger partial charge in [0.2, 0.25) is 0 Å². The van der Waals surface area contributed by atoms with E-state index in [-0.39, 0.29) is 34.2 Å². The zero-order chi connectivity index (χ0) is 25.2. The summed E-state index contributed by atoms with van der Waals surface area (Å²) in [5.41, 5.74) is -0.111. The van der Waals surface area contributed by atoms with Crippen molar-refractivity contribution in [1.29, 1.82) is 0 Å². The van der Waals surface area contributed by atoms with Crippen LogP contribution >= 0.6 is 0 Å². The number of fused-ring (bicyclic) bond motifs is 3. The quantitative estimate of drug-likeness (QED) is 0.190. The summed E-state index contributed by atoms with van der Waals surface area (Å²) in [6, 6.07) is 0. The largest absolute Gasteiger partial charge is 0.414 e. The van der Waals surface area contributed by atoms with Crippen molar-refractivity contribution in [3.63, 3.8) is 0 Å². The molecule has 4 fully saturated rings. The molecule has 34 heavy (non-hydrogen) atoms. The predicted molar refractivity (Wildman–Crippen MR) is 136 cm³/mol. The summed E-state index contributed by atoms with van der Waals surface area (Å²) < 4.78 is 23.6. The molecule has 1 N–H and O–H groups in total. The molecule has 2 bridgehead atoms. The smallest absolute Gasteiger partial charge is 0.305 e. The average molecular weight is 495 g/mol. The zero-order valence-corrected chi connectivity index (χ0v) is 23.3. The first-order valence-electron chi connectivity index (χ1n) is 12.9. The minimum Gasteiger partial charge on any atom is -0.414 e. The molecule has 3 aliphatic heterocycles. The topological polar surface area (TPSA) is 74.2 Å². The Bertz CT molecular complexity index is 743. The van der Waals surface area contributed by atoms with Crippen LogP contribution < -0.4 is 0 Å². The Morgan fingerprint density at radius 3 is 2.38 bits per heavy atom. The van der Waals surface area contributed by atoms with E-state index in [0.717, 1.165) is 19.3 Å². The Morgan fingerprint density at radius 2 is 1.79 bits per heavy atom. The van der Waals surface area contributed by atoms with Crippen LogP contribution in [0.2, 0.25) is 18.1 Å². The third-order valence-electron chi connectivity index (χ3n) is 7.94. The predicted octanol–water partition coefficient (Wildman–Crippen LogP) is 5.37. The van der Waals surface area contributed by atoms with Gasteiger partial charge in [0, 0.05) is 23.5 Å². The van der Waals surface area contributed by atoms with Crippen molar-refractivity contribution in [3.8, 4) is 0 Å². The van der Waals surface area contributed by atoms with Crippen molar-refractivity contribution in [2.24, 2.45) is 17.3 Å². The zero-order valence-electron chi connectivity index (χ0n) is 22.3. The monoisotopic (exact) mass is 494 g/mol. The highest BCUT2D eigenvalue weighted by molar-refractivity contribution is 6.74. The van der Waals surface area contributed by atoms with E-state index in [9.17, 15) is 9.90 Å². The maximum Gasteiger partial charge on any atom is 0.305 e. The number of ether oxygens (including phenoxy) is 3. The van der Waals surface area contributed by atoms with Crippen molar-refractivity contribution >= 4 is 14.1 Å². The SMILES string of the molecule is C[C@@H](CCC/C=C/[C@@H]1C[C@H](O)C[C@@H]1C(=O)/C=C/C12OCC(C)(CO1)CO2)O[Si](C)(C)C(C)(C)C. The Kier molecular flexibility index (Phi) is 8.69. The summed E-state index contributed by atoms with van der Waals surface area (Å²) in [7, 11) is -1.73. The van der Waals surface area contributed by atoms with Crippen molar-refractivity contribution in [1.82, 2.24) is 0 Å². The number of hydrogen-bond donors (Lipinski definition) is 1. The van der Waals surface area contributed by atoms with Crippen LogP contribution in [0.4, 0.5) is 0 Å². The molecule has 194 valence electrons. The van der Waals surface area contributed by atoms with Gasteiger partial charge < -0.3 is 23.7 Å². The van der Waals surface area contributed by atoms with E-state index < -0.39 is 20.4 Å². The molecule has 0 amide bonds. The fraction of sp³-hybridized carbons (Fsp3) is 0.815. The van der Waals surface area contributed by atoms with Gasteiger partial charge in [0.15, 0.2) is 14.1 Å². The number of carbonyl (C=O) groups is 1. The maximum atomic E-state index is 13.0. The second kappa shape index (κ2) is 10.6. The Hall–Kier alpha value is -0.833. The molecule has 0 unspecified atom stereocenters. The van der Waals surface area contributed by atoms with Gasteiger partial charge in [0.05, 0.1) is 25.9 Å². The molecule has 4 rings (SSSR count). The maximum absolute atomic E-state index is 13.0. The molecule has 0 aromatic carbocycles. The lowest BCUT2D eigenvalue weighted by molar-refractivity contribution is -0.441.